The summed E-state index contributed by atoms with van der Waals surface area (Å²) < 4.78 is 25.2. The molecule has 8 aromatic heterocycles. The van der Waals surface area contributed by atoms with E-state index < -0.39 is 5.82 Å². The highest BCUT2D eigenvalue weighted by molar-refractivity contribution is 7.22. The number of halogens is 1. The van der Waals surface area contributed by atoms with E-state index in [1.165, 1.54) is 61.9 Å². The Morgan fingerprint density at radius 1 is 0.554 bits per heavy atom. The zero-order valence-corrected chi connectivity index (χ0v) is 43.2. The number of benzene rings is 1. The zero-order valence-electron chi connectivity index (χ0n) is 40.7. The topological polar surface area (TPSA) is 287 Å². The molecule has 9 aromatic rings. The van der Waals surface area contributed by atoms with Crippen molar-refractivity contribution in [1.82, 2.24) is 39.9 Å². The van der Waals surface area contributed by atoms with E-state index in [-0.39, 0.29) is 34.4 Å². The maximum absolute atomic E-state index is 14.9. The first kappa shape index (κ1) is 49.6. The number of Topliss-reactive ketones (excluding diaryl/α,β-unsaturated/α-hetero) is 3. The van der Waals surface area contributed by atoms with Crippen LogP contribution in [0.3, 0.4) is 0 Å². The van der Waals surface area contributed by atoms with Gasteiger partial charge in [-0.2, -0.15) is 0 Å². The van der Waals surface area contributed by atoms with Crippen molar-refractivity contribution in [2.24, 2.45) is 0 Å². The quantitative estimate of drug-likeness (QED) is 0.0552. The van der Waals surface area contributed by atoms with Gasteiger partial charge < -0.3 is 42.6 Å². The molecule has 8 heterocycles. The number of nitrogens with one attached hydrogen (secondary N) is 3. The molecule has 19 nitrogen and oxygen atoms in total. The second-order valence-corrected chi connectivity index (χ2v) is 20.8. The lowest BCUT2D eigenvalue weighted by atomic mass is 10.1. The van der Waals surface area contributed by atoms with Gasteiger partial charge in [0.15, 0.2) is 28.9 Å². The number of hydrogen-bond donors (Lipinski definition) is 6. The molecule has 74 heavy (non-hydrogen) atoms. The highest BCUT2D eigenvalue weighted by Crippen LogP contribution is 2.43. The minimum absolute atomic E-state index is 0.0529. The first-order chi connectivity index (χ1) is 35.7. The van der Waals surface area contributed by atoms with Crippen molar-refractivity contribution in [2.75, 3.05) is 47.4 Å². The predicted molar refractivity (Wildman–Crippen MR) is 290 cm³/mol. The number of pyridine rings is 2. The third-order valence-electron chi connectivity index (χ3n) is 12.0. The molecule has 0 saturated heterocycles. The summed E-state index contributed by atoms with van der Waals surface area (Å²) in [5, 5.41) is 11.8. The van der Waals surface area contributed by atoms with E-state index in [0.717, 1.165) is 60.0 Å². The molecule has 0 atom stereocenters. The number of anilines is 6. The van der Waals surface area contributed by atoms with Crippen LogP contribution in [0.25, 0.3) is 64.6 Å². The maximum Gasteiger partial charge on any atom is 0.224 e. The number of methoxy groups -OCH3 is 2. The second-order valence-electron chi connectivity index (χ2n) is 17.8. The summed E-state index contributed by atoms with van der Waals surface area (Å²) in [5.41, 5.74) is 23.3. The highest BCUT2D eigenvalue weighted by Gasteiger charge is 2.29. The van der Waals surface area contributed by atoms with Crippen LogP contribution in [0.5, 0.6) is 11.6 Å². The molecule has 3 fully saturated rings. The highest BCUT2D eigenvalue weighted by atomic mass is 32.1. The van der Waals surface area contributed by atoms with Crippen molar-refractivity contribution < 1.29 is 28.2 Å². The lowest BCUT2D eigenvalue weighted by molar-refractivity contribution is 0.101. The number of ether oxygens (including phenoxy) is 2. The van der Waals surface area contributed by atoms with Crippen LogP contribution in [0.2, 0.25) is 0 Å². The fraction of sp³-hybridized carbons (Fsp3) is 0.275. The van der Waals surface area contributed by atoms with Crippen LogP contribution in [0.4, 0.5) is 39.3 Å². The molecule has 1 aromatic carbocycles. The number of fused-ring (bicyclic) bond motifs is 3. The number of aromatic nitrogens is 8. The smallest absolute Gasteiger partial charge is 0.224 e. The first-order valence-corrected chi connectivity index (χ1v) is 26.0. The lowest BCUT2D eigenvalue weighted by Crippen LogP contribution is -2.06. The van der Waals surface area contributed by atoms with Crippen LogP contribution >= 0.6 is 34.0 Å². The number of nitrogens with zero attached hydrogens (tertiary/aromatic N) is 8. The molecule has 0 unspecified atom stereocenters. The van der Waals surface area contributed by atoms with Crippen molar-refractivity contribution in [1.29, 1.82) is 0 Å². The molecule has 12 rings (SSSR count). The summed E-state index contributed by atoms with van der Waals surface area (Å²) in [4.78, 5) is 74.9. The number of carbonyl (C=O) groups is 3. The van der Waals surface area contributed by atoms with E-state index in [9.17, 15) is 18.8 Å². The average Bonchev–Trinajstić information content (AvgIpc) is 4.35. The van der Waals surface area contributed by atoms with Gasteiger partial charge >= 0.3 is 0 Å². The number of carbonyl (C=O) groups excluding carboxylic acids is 3. The van der Waals surface area contributed by atoms with Crippen LogP contribution in [0.1, 0.15) is 88.3 Å². The summed E-state index contributed by atoms with van der Waals surface area (Å²) in [6.45, 7) is 4.47. The SMILES string of the molecule is CC(=O)c1sc2nc(NC3CC3)nc(-c3ccncc3)c2c1N.COc1cccc(-c2nc(NC3CC3)nc3sc(C(C)=O)c(N)c23)c1F.COc1cccc(-c2nc(NC3CC3)nc3sc(C(C)=O)c(N)c23)n1. The van der Waals surface area contributed by atoms with Gasteiger partial charge in [-0.3, -0.25) is 19.4 Å². The van der Waals surface area contributed by atoms with Crippen molar-refractivity contribution in [3.63, 3.8) is 0 Å². The van der Waals surface area contributed by atoms with Gasteiger partial charge in [0.25, 0.3) is 0 Å². The van der Waals surface area contributed by atoms with Crippen molar-refractivity contribution >= 4 is 117 Å². The number of nitrogen functional groups attached to an aromatic ring is 3. The molecule has 3 aliphatic carbocycles. The standard InChI is InChI=1S/C18H17FN4O2S.C17H17N5O2S.C16H15N5OS/c1-8(24)16-14(20)12-15(10-4-3-5-11(25-2)13(10)19)22-18(21-9-6-7-9)23-17(12)26-16;1-8(23)15-13(18)12-14(10-4-3-5-11(20-10)24-2)21-17(19-9-6-7-9)22-16(12)25-15;1-8(22)14-12(17)11-13(9-4-6-18-7-5-9)20-16(19-10-2-3-10)21-15(11)23-14/h3-5,9H,6-7,20H2,1-2H3,(H,21,22,23);3-5,9H,6-7,18H2,1-2H3,(H,19,21,22);4-7,10H,2-3,17H2,1H3,(H,19,20,21). The molecule has 0 aliphatic heterocycles. The van der Waals surface area contributed by atoms with Crippen LogP contribution in [-0.4, -0.2) is 89.6 Å². The second kappa shape index (κ2) is 20.5. The normalized spacial score (nSPS) is 13.9. The fourth-order valence-electron chi connectivity index (χ4n) is 7.89. The van der Waals surface area contributed by atoms with E-state index in [1.54, 1.807) is 43.8 Å². The molecule has 0 bridgehead atoms. The Morgan fingerprint density at radius 2 is 0.986 bits per heavy atom. The number of nitrogens with two attached hydrogens (primary N) is 3. The maximum atomic E-state index is 14.9. The molecular formula is C51H49FN14O5S3. The van der Waals surface area contributed by atoms with E-state index in [4.69, 9.17) is 26.7 Å². The summed E-state index contributed by atoms with van der Waals surface area (Å²) in [6, 6.07) is 15.3. The predicted octanol–water partition coefficient (Wildman–Crippen LogP) is 10.1. The van der Waals surface area contributed by atoms with E-state index >= 15 is 0 Å². The number of ketones is 3. The van der Waals surface area contributed by atoms with Gasteiger partial charge in [-0.05, 0) is 68.9 Å². The molecule has 3 saturated carbocycles. The third-order valence-corrected chi connectivity index (χ3v) is 15.6. The fourth-order valence-corrected chi connectivity index (χ4v) is 10.9. The molecule has 0 radical (unpaired) electrons. The minimum atomic E-state index is -0.526. The number of hydrogen-bond acceptors (Lipinski definition) is 22. The third kappa shape index (κ3) is 10.3. The Balaban J connectivity index is 0.000000127. The number of thiophene rings is 3. The molecule has 3 aliphatic rings. The van der Waals surface area contributed by atoms with Gasteiger partial charge in [0.2, 0.25) is 23.7 Å². The Labute approximate surface area is 434 Å². The molecule has 0 amide bonds. The summed E-state index contributed by atoms with van der Waals surface area (Å²) in [6.07, 6.45) is 10.0. The van der Waals surface area contributed by atoms with Gasteiger partial charge in [-0.25, -0.2) is 39.3 Å². The van der Waals surface area contributed by atoms with E-state index in [2.05, 4.69) is 55.8 Å². The molecule has 0 spiro atoms. The van der Waals surface area contributed by atoms with Gasteiger partial charge in [0.1, 0.15) is 20.2 Å². The summed E-state index contributed by atoms with van der Waals surface area (Å²) >= 11 is 3.81. The summed E-state index contributed by atoms with van der Waals surface area (Å²) in [7, 11) is 2.97. The van der Waals surface area contributed by atoms with Gasteiger partial charge in [0.05, 0.1) is 79.2 Å². The number of rotatable bonds is 14. The average molecular weight is 1050 g/mol. The zero-order chi connectivity index (χ0) is 51.9. The Bertz CT molecular complexity index is 3670. The van der Waals surface area contributed by atoms with E-state index in [0.29, 0.717) is 105 Å². The van der Waals surface area contributed by atoms with E-state index in [1.807, 2.05) is 24.3 Å². The molecule has 23 heteroatoms. The Kier molecular flexibility index (Phi) is 13.7. The van der Waals surface area contributed by atoms with Crippen molar-refractivity contribution in [3.05, 3.63) is 81.4 Å². The largest absolute Gasteiger partial charge is 0.494 e. The van der Waals surface area contributed by atoms with Crippen LogP contribution in [0, 0.1) is 5.82 Å². The minimum Gasteiger partial charge on any atom is -0.494 e. The van der Waals surface area contributed by atoms with Crippen LogP contribution in [0.15, 0.2) is 60.9 Å². The van der Waals surface area contributed by atoms with Crippen molar-refractivity contribution in [3.8, 4) is 45.5 Å². The van der Waals surface area contributed by atoms with Crippen LogP contribution in [-0.2, 0) is 0 Å². The molecule has 9 N–H and O–H groups in total. The Hall–Kier alpha value is -8.02. The monoisotopic (exact) mass is 1050 g/mol. The van der Waals surface area contributed by atoms with Gasteiger partial charge in [0, 0.05) is 68.5 Å². The summed E-state index contributed by atoms with van der Waals surface area (Å²) in [5.74, 6) is 1.32. The Morgan fingerprint density at radius 3 is 1.43 bits per heavy atom. The van der Waals surface area contributed by atoms with Crippen LogP contribution < -0.4 is 42.6 Å². The molecule has 378 valence electrons. The first-order valence-electron chi connectivity index (χ1n) is 23.6. The van der Waals surface area contributed by atoms with Crippen molar-refractivity contribution in [2.45, 2.75) is 77.4 Å². The lowest BCUT2D eigenvalue weighted by Gasteiger charge is -2.11. The van der Waals surface area contributed by atoms with Gasteiger partial charge in [-0.1, -0.05) is 12.1 Å². The molecular weight excluding hydrogens is 1000 g/mol. The van der Waals surface area contributed by atoms with Gasteiger partial charge in [-0.15, -0.1) is 34.0 Å².